The van der Waals surface area contributed by atoms with Gasteiger partial charge < -0.3 is 9.80 Å². The van der Waals surface area contributed by atoms with Crippen LogP contribution in [0.1, 0.15) is 17.5 Å². The molecule has 2 aromatic rings. The standard InChI is InChI=1S/C22H26N4O/c1-25(2)21-10-8-18(9-11-21)16-23-24-22(27)20-12-14-26(15-13-20)17-19-6-4-3-5-7-19/h3-12,16H,13-15,17H2,1-2H3,(H,24,27)/p+1/b23-16-. The molecule has 0 saturated carbocycles. The molecule has 0 spiro atoms. The molecule has 1 amide bonds. The van der Waals surface area contributed by atoms with E-state index in [9.17, 15) is 4.79 Å². The van der Waals surface area contributed by atoms with Crippen LogP contribution in [0.4, 0.5) is 5.69 Å². The van der Waals surface area contributed by atoms with Gasteiger partial charge in [-0.3, -0.25) is 4.79 Å². The van der Waals surface area contributed by atoms with Crippen molar-refractivity contribution < 1.29 is 9.69 Å². The molecule has 2 aromatic carbocycles. The van der Waals surface area contributed by atoms with Gasteiger partial charge in [-0.25, -0.2) is 5.43 Å². The molecule has 0 bridgehead atoms. The Bertz CT molecular complexity index is 810. The van der Waals surface area contributed by atoms with E-state index in [1.807, 2.05) is 55.4 Å². The van der Waals surface area contributed by atoms with E-state index >= 15 is 0 Å². The van der Waals surface area contributed by atoms with E-state index in [1.54, 1.807) is 6.21 Å². The molecule has 3 rings (SSSR count). The summed E-state index contributed by atoms with van der Waals surface area (Å²) in [6, 6.07) is 18.5. The van der Waals surface area contributed by atoms with Crippen molar-refractivity contribution in [1.29, 1.82) is 0 Å². The van der Waals surface area contributed by atoms with E-state index in [4.69, 9.17) is 0 Å². The zero-order valence-corrected chi connectivity index (χ0v) is 16.0. The molecule has 0 fully saturated rings. The minimum Gasteiger partial charge on any atom is -0.378 e. The second kappa shape index (κ2) is 9.14. The largest absolute Gasteiger partial charge is 0.378 e. The van der Waals surface area contributed by atoms with Crippen molar-refractivity contribution in [2.24, 2.45) is 5.10 Å². The molecular formula is C22H27N4O+. The molecule has 0 radical (unpaired) electrons. The summed E-state index contributed by atoms with van der Waals surface area (Å²) in [7, 11) is 4.01. The first-order valence-corrected chi connectivity index (χ1v) is 9.29. The lowest BCUT2D eigenvalue weighted by Crippen LogP contribution is -3.11. The maximum absolute atomic E-state index is 12.3. The molecule has 0 aromatic heterocycles. The number of amides is 1. The molecular weight excluding hydrogens is 336 g/mol. The number of quaternary nitrogens is 1. The van der Waals surface area contributed by atoms with Crippen molar-refractivity contribution in [2.75, 3.05) is 32.1 Å². The fourth-order valence-electron chi connectivity index (χ4n) is 3.13. The van der Waals surface area contributed by atoms with Gasteiger partial charge in [0.2, 0.25) is 0 Å². The summed E-state index contributed by atoms with van der Waals surface area (Å²) in [5.41, 5.74) is 6.89. The lowest BCUT2D eigenvalue weighted by atomic mass is 10.1. The molecule has 5 nitrogen and oxygen atoms in total. The van der Waals surface area contributed by atoms with Gasteiger partial charge in [0.15, 0.2) is 0 Å². The highest BCUT2D eigenvalue weighted by atomic mass is 16.2. The highest BCUT2D eigenvalue weighted by Crippen LogP contribution is 2.11. The molecule has 140 valence electrons. The highest BCUT2D eigenvalue weighted by Gasteiger charge is 2.19. The third-order valence-corrected chi connectivity index (χ3v) is 4.76. The predicted octanol–water partition coefficient (Wildman–Crippen LogP) is 1.62. The molecule has 0 aliphatic carbocycles. The average Bonchev–Trinajstić information content (AvgIpc) is 2.69. The number of hydrogen-bond acceptors (Lipinski definition) is 3. The number of nitrogens with zero attached hydrogens (tertiary/aromatic N) is 2. The summed E-state index contributed by atoms with van der Waals surface area (Å²) in [5.74, 6) is -0.102. The third-order valence-electron chi connectivity index (χ3n) is 4.76. The molecule has 1 heterocycles. The monoisotopic (exact) mass is 363 g/mol. The van der Waals surface area contributed by atoms with E-state index in [2.05, 4.69) is 34.8 Å². The maximum atomic E-state index is 12.3. The second-order valence-corrected chi connectivity index (χ2v) is 7.03. The molecule has 0 saturated heterocycles. The summed E-state index contributed by atoms with van der Waals surface area (Å²) >= 11 is 0. The Morgan fingerprint density at radius 2 is 1.89 bits per heavy atom. The molecule has 1 aliphatic rings. The quantitative estimate of drug-likeness (QED) is 0.605. The van der Waals surface area contributed by atoms with E-state index in [1.165, 1.54) is 10.5 Å². The Balaban J connectivity index is 1.48. The van der Waals surface area contributed by atoms with Gasteiger partial charge in [0.1, 0.15) is 6.54 Å². The van der Waals surface area contributed by atoms with Crippen LogP contribution < -0.4 is 15.2 Å². The van der Waals surface area contributed by atoms with Crippen LogP contribution in [0.2, 0.25) is 0 Å². The predicted molar refractivity (Wildman–Crippen MR) is 110 cm³/mol. The van der Waals surface area contributed by atoms with Crippen LogP contribution in [0.3, 0.4) is 0 Å². The minimum atomic E-state index is -0.102. The van der Waals surface area contributed by atoms with Gasteiger partial charge >= 0.3 is 0 Å². The van der Waals surface area contributed by atoms with Gasteiger partial charge in [-0.15, -0.1) is 0 Å². The first kappa shape index (κ1) is 18.9. The van der Waals surface area contributed by atoms with Crippen LogP contribution in [0.15, 0.2) is 71.3 Å². The Hall–Kier alpha value is -2.92. The number of benzene rings is 2. The van der Waals surface area contributed by atoms with E-state index in [0.29, 0.717) is 0 Å². The first-order valence-electron chi connectivity index (χ1n) is 9.29. The van der Waals surface area contributed by atoms with Gasteiger partial charge in [0, 0.05) is 37.3 Å². The van der Waals surface area contributed by atoms with Gasteiger partial charge in [-0.2, -0.15) is 5.10 Å². The van der Waals surface area contributed by atoms with Crippen molar-refractivity contribution in [3.8, 4) is 0 Å². The van der Waals surface area contributed by atoms with Crippen molar-refractivity contribution in [3.63, 3.8) is 0 Å². The first-order chi connectivity index (χ1) is 13.1. The zero-order valence-electron chi connectivity index (χ0n) is 16.0. The number of hydrazone groups is 1. The Labute approximate surface area is 161 Å². The Morgan fingerprint density at radius 3 is 2.52 bits per heavy atom. The van der Waals surface area contributed by atoms with Gasteiger partial charge in [0.05, 0.1) is 19.3 Å². The van der Waals surface area contributed by atoms with Crippen LogP contribution in [0, 0.1) is 0 Å². The normalized spacial score (nSPS) is 16.8. The second-order valence-electron chi connectivity index (χ2n) is 7.03. The molecule has 1 atom stereocenters. The van der Waals surface area contributed by atoms with Gasteiger partial charge in [0.25, 0.3) is 5.91 Å². The lowest BCUT2D eigenvalue weighted by Gasteiger charge is -2.22. The molecule has 5 heteroatoms. The minimum absolute atomic E-state index is 0.102. The van der Waals surface area contributed by atoms with Crippen LogP contribution in [0.5, 0.6) is 0 Å². The summed E-state index contributed by atoms with van der Waals surface area (Å²) in [5, 5.41) is 4.09. The van der Waals surface area contributed by atoms with Crippen molar-refractivity contribution >= 4 is 17.8 Å². The van der Waals surface area contributed by atoms with Crippen LogP contribution in [0.25, 0.3) is 0 Å². The fraction of sp³-hybridized carbons (Fsp3) is 0.273. The number of carbonyl (C=O) groups excluding carboxylic acids is 1. The number of anilines is 1. The molecule has 1 unspecified atom stereocenters. The Morgan fingerprint density at radius 1 is 1.15 bits per heavy atom. The summed E-state index contributed by atoms with van der Waals surface area (Å²) < 4.78 is 0. The third kappa shape index (κ3) is 5.53. The Kier molecular flexibility index (Phi) is 6.39. The fourth-order valence-corrected chi connectivity index (χ4v) is 3.13. The van der Waals surface area contributed by atoms with Gasteiger partial charge in [-0.05, 0) is 23.8 Å². The number of rotatable bonds is 6. The van der Waals surface area contributed by atoms with Crippen LogP contribution >= 0.6 is 0 Å². The maximum Gasteiger partial charge on any atom is 0.267 e. The van der Waals surface area contributed by atoms with Crippen molar-refractivity contribution in [3.05, 3.63) is 77.4 Å². The lowest BCUT2D eigenvalue weighted by molar-refractivity contribution is -0.909. The van der Waals surface area contributed by atoms with Crippen LogP contribution in [-0.4, -0.2) is 39.3 Å². The van der Waals surface area contributed by atoms with E-state index in [0.717, 1.165) is 42.9 Å². The number of hydrogen-bond donors (Lipinski definition) is 2. The van der Waals surface area contributed by atoms with Crippen LogP contribution in [-0.2, 0) is 11.3 Å². The SMILES string of the molecule is CN(C)c1ccc(/C=N\NC(=O)C2=CC[NH+](Cc3ccccc3)CC2)cc1. The molecule has 27 heavy (non-hydrogen) atoms. The molecule has 2 N–H and O–H groups in total. The number of carbonyl (C=O) groups is 1. The summed E-state index contributed by atoms with van der Waals surface area (Å²) in [6.45, 7) is 2.82. The number of nitrogens with one attached hydrogen (secondary N) is 2. The smallest absolute Gasteiger partial charge is 0.267 e. The van der Waals surface area contributed by atoms with Crippen molar-refractivity contribution in [1.82, 2.24) is 5.43 Å². The van der Waals surface area contributed by atoms with Gasteiger partial charge in [-0.1, -0.05) is 42.5 Å². The highest BCUT2D eigenvalue weighted by molar-refractivity contribution is 5.94. The zero-order chi connectivity index (χ0) is 19.1. The summed E-state index contributed by atoms with van der Waals surface area (Å²) in [6.07, 6.45) is 4.49. The average molecular weight is 363 g/mol. The van der Waals surface area contributed by atoms with E-state index in [-0.39, 0.29) is 5.91 Å². The summed E-state index contributed by atoms with van der Waals surface area (Å²) in [4.78, 5) is 15.8. The van der Waals surface area contributed by atoms with Crippen molar-refractivity contribution in [2.45, 2.75) is 13.0 Å². The molecule has 1 aliphatic heterocycles. The van der Waals surface area contributed by atoms with E-state index < -0.39 is 0 Å². The topological polar surface area (TPSA) is 49.1 Å².